The molecule has 0 fully saturated rings. The Morgan fingerprint density at radius 1 is 1.27 bits per heavy atom. The van der Waals surface area contributed by atoms with Gasteiger partial charge >= 0.3 is 17.8 Å². The maximum Gasteiger partial charge on any atom is 0.341 e. The van der Waals surface area contributed by atoms with Crippen molar-refractivity contribution in [3.8, 4) is 0 Å². The standard InChI is InChI=1S/C17H17N3O5S/c1-24-17(23)13-11-6-2-3-7-12(11)26-16(13)19-14(21)15(22)20-18-9-10-5-4-8-25-10/h4-5,8-9H,2-3,6-7H2,1H3,(H,19,21)(H,20,22)/b18-9-. The first-order valence-electron chi connectivity index (χ1n) is 8.01. The van der Waals surface area contributed by atoms with Gasteiger partial charge in [-0.2, -0.15) is 5.10 Å². The highest BCUT2D eigenvalue weighted by Gasteiger charge is 2.28. The number of nitrogens with one attached hydrogen (secondary N) is 2. The van der Waals surface area contributed by atoms with Crippen LogP contribution in [0, 0.1) is 0 Å². The van der Waals surface area contributed by atoms with E-state index >= 15 is 0 Å². The lowest BCUT2D eigenvalue weighted by molar-refractivity contribution is -0.136. The number of rotatable bonds is 4. The molecule has 0 atom stereocenters. The normalized spacial score (nSPS) is 13.3. The number of hydrazone groups is 1. The van der Waals surface area contributed by atoms with Crippen molar-refractivity contribution < 1.29 is 23.5 Å². The molecule has 0 aromatic carbocycles. The van der Waals surface area contributed by atoms with Crippen LogP contribution in [0.2, 0.25) is 0 Å². The molecule has 0 spiro atoms. The Labute approximate surface area is 153 Å². The highest BCUT2D eigenvalue weighted by atomic mass is 32.1. The number of aryl methyl sites for hydroxylation is 1. The minimum absolute atomic E-state index is 0.332. The molecular formula is C17H17N3O5S. The van der Waals surface area contributed by atoms with Crippen molar-refractivity contribution in [2.24, 2.45) is 5.10 Å². The number of hydrogen-bond acceptors (Lipinski definition) is 7. The fourth-order valence-corrected chi connectivity index (χ4v) is 3.97. The fraction of sp³-hybridized carbons (Fsp3) is 0.294. The summed E-state index contributed by atoms with van der Waals surface area (Å²) in [4.78, 5) is 37.2. The lowest BCUT2D eigenvalue weighted by Crippen LogP contribution is -2.32. The molecule has 9 heteroatoms. The number of thiophene rings is 1. The molecular weight excluding hydrogens is 358 g/mol. The Hall–Kier alpha value is -2.94. The number of hydrogen-bond donors (Lipinski definition) is 2. The summed E-state index contributed by atoms with van der Waals surface area (Å²) < 4.78 is 9.85. The number of carbonyl (C=O) groups is 3. The SMILES string of the molecule is COC(=O)c1c(NC(=O)C(=O)N/N=C\c2ccco2)sc2c1CCCC2. The van der Waals surface area contributed by atoms with Crippen LogP contribution < -0.4 is 10.7 Å². The number of carbonyl (C=O) groups excluding carboxylic acids is 3. The van der Waals surface area contributed by atoms with Crippen LogP contribution in [-0.2, 0) is 27.2 Å². The number of amides is 2. The van der Waals surface area contributed by atoms with Crippen molar-refractivity contribution in [2.75, 3.05) is 12.4 Å². The summed E-state index contributed by atoms with van der Waals surface area (Å²) in [7, 11) is 1.29. The van der Waals surface area contributed by atoms with Gasteiger partial charge in [0, 0.05) is 4.88 Å². The predicted octanol–water partition coefficient (Wildman–Crippen LogP) is 2.10. The van der Waals surface area contributed by atoms with Crippen LogP contribution in [0.1, 0.15) is 39.4 Å². The monoisotopic (exact) mass is 375 g/mol. The van der Waals surface area contributed by atoms with Gasteiger partial charge < -0.3 is 14.5 Å². The van der Waals surface area contributed by atoms with Crippen molar-refractivity contribution in [3.63, 3.8) is 0 Å². The number of esters is 1. The van der Waals surface area contributed by atoms with Gasteiger partial charge in [-0.3, -0.25) is 9.59 Å². The van der Waals surface area contributed by atoms with Gasteiger partial charge in [0.2, 0.25) is 0 Å². The second-order valence-corrected chi connectivity index (χ2v) is 6.68. The smallest absolute Gasteiger partial charge is 0.341 e. The number of methoxy groups -OCH3 is 1. The molecule has 0 unspecified atom stereocenters. The van der Waals surface area contributed by atoms with Crippen LogP contribution in [0.15, 0.2) is 27.9 Å². The van der Waals surface area contributed by atoms with E-state index in [1.54, 1.807) is 12.1 Å². The maximum atomic E-state index is 12.1. The summed E-state index contributed by atoms with van der Waals surface area (Å²) in [5, 5.41) is 6.48. The largest absolute Gasteiger partial charge is 0.465 e. The molecule has 2 heterocycles. The second-order valence-electron chi connectivity index (χ2n) is 5.58. The third-order valence-electron chi connectivity index (χ3n) is 3.90. The molecule has 2 aromatic rings. The molecule has 8 nitrogen and oxygen atoms in total. The Bertz CT molecular complexity index is 854. The molecule has 136 valence electrons. The Balaban J connectivity index is 1.71. The zero-order chi connectivity index (χ0) is 18.5. The van der Waals surface area contributed by atoms with E-state index in [9.17, 15) is 14.4 Å². The minimum Gasteiger partial charge on any atom is -0.465 e. The summed E-state index contributed by atoms with van der Waals surface area (Å²) in [6.45, 7) is 0. The first-order valence-corrected chi connectivity index (χ1v) is 8.82. The third-order valence-corrected chi connectivity index (χ3v) is 5.10. The van der Waals surface area contributed by atoms with Gasteiger partial charge in [0.1, 0.15) is 10.8 Å². The van der Waals surface area contributed by atoms with E-state index < -0.39 is 17.8 Å². The van der Waals surface area contributed by atoms with Crippen molar-refractivity contribution >= 4 is 40.3 Å². The molecule has 0 bridgehead atoms. The fourth-order valence-electron chi connectivity index (χ4n) is 2.70. The van der Waals surface area contributed by atoms with Crippen LogP contribution in [0.4, 0.5) is 5.00 Å². The molecule has 0 radical (unpaired) electrons. The Morgan fingerprint density at radius 2 is 2.08 bits per heavy atom. The second kappa shape index (κ2) is 7.96. The van der Waals surface area contributed by atoms with E-state index in [2.05, 4.69) is 15.8 Å². The first kappa shape index (κ1) is 17.9. The molecule has 2 N–H and O–H groups in total. The van der Waals surface area contributed by atoms with Gasteiger partial charge in [-0.1, -0.05) is 0 Å². The lowest BCUT2D eigenvalue weighted by Gasteiger charge is -2.11. The van der Waals surface area contributed by atoms with E-state index in [0.29, 0.717) is 16.3 Å². The van der Waals surface area contributed by atoms with Crippen LogP contribution in [0.3, 0.4) is 0 Å². The quantitative estimate of drug-likeness (QED) is 0.368. The number of fused-ring (bicyclic) bond motifs is 1. The molecule has 2 amide bonds. The molecule has 3 rings (SSSR count). The molecule has 0 saturated carbocycles. The summed E-state index contributed by atoms with van der Waals surface area (Å²) in [5.74, 6) is -1.94. The number of furan rings is 1. The summed E-state index contributed by atoms with van der Waals surface area (Å²) in [5.41, 5.74) is 3.35. The van der Waals surface area contributed by atoms with Crippen LogP contribution >= 0.6 is 11.3 Å². The summed E-state index contributed by atoms with van der Waals surface area (Å²) in [6, 6.07) is 3.32. The zero-order valence-electron chi connectivity index (χ0n) is 14.0. The number of ether oxygens (including phenoxy) is 1. The minimum atomic E-state index is -0.949. The van der Waals surface area contributed by atoms with Gasteiger partial charge in [0.15, 0.2) is 0 Å². The molecule has 0 saturated heterocycles. The van der Waals surface area contributed by atoms with Gasteiger partial charge in [0.05, 0.1) is 25.2 Å². The van der Waals surface area contributed by atoms with E-state index in [-0.39, 0.29) is 0 Å². The van der Waals surface area contributed by atoms with E-state index in [1.165, 1.54) is 30.9 Å². The first-order chi connectivity index (χ1) is 12.6. The van der Waals surface area contributed by atoms with Gasteiger partial charge in [0.25, 0.3) is 0 Å². The van der Waals surface area contributed by atoms with E-state index in [1.807, 2.05) is 0 Å². The Morgan fingerprint density at radius 3 is 2.81 bits per heavy atom. The molecule has 0 aliphatic heterocycles. The van der Waals surface area contributed by atoms with Gasteiger partial charge in [-0.05, 0) is 43.4 Å². The third kappa shape index (κ3) is 3.83. The van der Waals surface area contributed by atoms with Crippen molar-refractivity contribution in [1.29, 1.82) is 0 Å². The molecule has 1 aliphatic carbocycles. The summed E-state index contributed by atoms with van der Waals surface area (Å²) in [6.07, 6.45) is 6.34. The average Bonchev–Trinajstić information content (AvgIpc) is 3.28. The summed E-state index contributed by atoms with van der Waals surface area (Å²) >= 11 is 1.31. The van der Waals surface area contributed by atoms with Crippen molar-refractivity contribution in [2.45, 2.75) is 25.7 Å². The average molecular weight is 375 g/mol. The highest BCUT2D eigenvalue weighted by Crippen LogP contribution is 2.38. The molecule has 26 heavy (non-hydrogen) atoms. The Kier molecular flexibility index (Phi) is 5.47. The van der Waals surface area contributed by atoms with Crippen LogP contribution in [0.5, 0.6) is 0 Å². The van der Waals surface area contributed by atoms with E-state index in [0.717, 1.165) is 36.1 Å². The van der Waals surface area contributed by atoms with Crippen molar-refractivity contribution in [1.82, 2.24) is 5.43 Å². The van der Waals surface area contributed by atoms with Crippen LogP contribution in [0.25, 0.3) is 0 Å². The maximum absolute atomic E-state index is 12.1. The predicted molar refractivity (Wildman–Crippen MR) is 95.4 cm³/mol. The van der Waals surface area contributed by atoms with Gasteiger partial charge in [-0.15, -0.1) is 11.3 Å². The van der Waals surface area contributed by atoms with Crippen molar-refractivity contribution in [3.05, 3.63) is 40.2 Å². The zero-order valence-corrected chi connectivity index (χ0v) is 14.9. The molecule has 1 aliphatic rings. The van der Waals surface area contributed by atoms with E-state index in [4.69, 9.17) is 9.15 Å². The molecule has 2 aromatic heterocycles. The highest BCUT2D eigenvalue weighted by molar-refractivity contribution is 7.17. The number of anilines is 1. The lowest BCUT2D eigenvalue weighted by atomic mass is 9.95. The number of nitrogens with zero attached hydrogens (tertiary/aromatic N) is 1. The van der Waals surface area contributed by atoms with Crippen LogP contribution in [-0.4, -0.2) is 31.1 Å². The van der Waals surface area contributed by atoms with Gasteiger partial charge in [-0.25, -0.2) is 10.2 Å². The topological polar surface area (TPSA) is 110 Å².